The summed E-state index contributed by atoms with van der Waals surface area (Å²) >= 11 is 1.98. The maximum atomic E-state index is 12.5. The van der Waals surface area contributed by atoms with E-state index in [0.29, 0.717) is 6.04 Å². The van der Waals surface area contributed by atoms with Crippen molar-refractivity contribution in [1.82, 2.24) is 5.32 Å². The van der Waals surface area contributed by atoms with Crippen LogP contribution in [0.25, 0.3) is 0 Å². The van der Waals surface area contributed by atoms with Gasteiger partial charge in [0.1, 0.15) is 0 Å². The summed E-state index contributed by atoms with van der Waals surface area (Å²) in [4.78, 5) is 12.5. The molecule has 1 saturated heterocycles. The van der Waals surface area contributed by atoms with Crippen molar-refractivity contribution in [2.24, 2.45) is 0 Å². The van der Waals surface area contributed by atoms with Crippen LogP contribution in [-0.2, 0) is 10.2 Å². The zero-order chi connectivity index (χ0) is 13.3. The second kappa shape index (κ2) is 5.08. The smallest absolute Gasteiger partial charge is 0.230 e. The van der Waals surface area contributed by atoms with Gasteiger partial charge in [-0.2, -0.15) is 11.8 Å². The Kier molecular flexibility index (Phi) is 3.44. The number of nitrogens with two attached hydrogens (primary N) is 1. The number of carbonyl (C=O) groups is 1. The van der Waals surface area contributed by atoms with Crippen molar-refractivity contribution in [2.45, 2.75) is 37.1 Å². The van der Waals surface area contributed by atoms with Crippen LogP contribution in [0.15, 0.2) is 24.3 Å². The van der Waals surface area contributed by atoms with Crippen molar-refractivity contribution >= 4 is 23.4 Å². The van der Waals surface area contributed by atoms with Crippen LogP contribution in [0.4, 0.5) is 5.69 Å². The van der Waals surface area contributed by atoms with Crippen molar-refractivity contribution in [3.05, 3.63) is 29.8 Å². The number of rotatable bonds is 3. The molecule has 102 valence electrons. The lowest BCUT2D eigenvalue weighted by molar-refractivity contribution is -0.124. The lowest BCUT2D eigenvalue weighted by Gasteiger charge is -2.25. The Morgan fingerprint density at radius 1 is 1.21 bits per heavy atom. The predicted molar refractivity (Wildman–Crippen MR) is 80.3 cm³/mol. The number of carbonyl (C=O) groups excluding carboxylic acids is 1. The summed E-state index contributed by atoms with van der Waals surface area (Å²) in [5.74, 6) is 2.55. The molecule has 1 aromatic carbocycles. The fraction of sp³-hybridized carbons (Fsp3) is 0.533. The van der Waals surface area contributed by atoms with Crippen molar-refractivity contribution in [3.8, 4) is 0 Å². The lowest BCUT2D eigenvalue weighted by Crippen LogP contribution is -2.43. The average Bonchev–Trinajstić information content (AvgIpc) is 3.22. The standard InChI is InChI=1S/C15H20N2OS/c16-12-3-1-11(2-4-12)15(7-8-15)14(18)17-13-5-9-19-10-6-13/h1-4,13H,5-10,16H2,(H,17,18). The summed E-state index contributed by atoms with van der Waals surface area (Å²) in [6, 6.07) is 8.15. The number of hydrogen-bond acceptors (Lipinski definition) is 3. The summed E-state index contributed by atoms with van der Waals surface area (Å²) in [6.45, 7) is 0. The van der Waals surface area contributed by atoms with Crippen LogP contribution in [0.2, 0.25) is 0 Å². The highest BCUT2D eigenvalue weighted by Gasteiger charge is 2.51. The molecule has 0 spiro atoms. The molecule has 0 radical (unpaired) electrons. The molecule has 1 saturated carbocycles. The molecule has 3 N–H and O–H groups in total. The molecule has 3 nitrogen and oxygen atoms in total. The molecule has 1 aliphatic heterocycles. The highest BCUT2D eigenvalue weighted by molar-refractivity contribution is 7.99. The van der Waals surface area contributed by atoms with Crippen LogP contribution < -0.4 is 11.1 Å². The molecule has 19 heavy (non-hydrogen) atoms. The van der Waals surface area contributed by atoms with E-state index in [1.807, 2.05) is 36.0 Å². The molecular formula is C15H20N2OS. The Hall–Kier alpha value is -1.16. The molecule has 2 aliphatic rings. The Balaban J connectivity index is 1.70. The van der Waals surface area contributed by atoms with E-state index in [1.54, 1.807) is 0 Å². The first kappa shape index (κ1) is 12.9. The van der Waals surface area contributed by atoms with E-state index in [0.717, 1.165) is 36.9 Å². The predicted octanol–water partition coefficient (Wildman–Crippen LogP) is 2.31. The summed E-state index contributed by atoms with van der Waals surface area (Å²) < 4.78 is 0. The monoisotopic (exact) mass is 276 g/mol. The van der Waals surface area contributed by atoms with Crippen molar-refractivity contribution in [1.29, 1.82) is 0 Å². The molecule has 4 heteroatoms. The third-order valence-electron chi connectivity index (χ3n) is 4.20. The summed E-state index contributed by atoms with van der Waals surface area (Å²) in [5, 5.41) is 3.25. The molecule has 3 rings (SSSR count). The maximum Gasteiger partial charge on any atom is 0.230 e. The van der Waals surface area contributed by atoms with Gasteiger partial charge in [0.15, 0.2) is 0 Å². The topological polar surface area (TPSA) is 55.1 Å². The zero-order valence-electron chi connectivity index (χ0n) is 11.0. The van der Waals surface area contributed by atoms with Crippen molar-refractivity contribution in [2.75, 3.05) is 17.2 Å². The minimum atomic E-state index is -0.266. The van der Waals surface area contributed by atoms with Crippen LogP contribution in [0, 0.1) is 0 Å². The first-order valence-corrected chi connectivity index (χ1v) is 8.11. The third kappa shape index (κ3) is 2.59. The zero-order valence-corrected chi connectivity index (χ0v) is 11.8. The van der Waals surface area contributed by atoms with Crippen LogP contribution in [0.3, 0.4) is 0 Å². The van der Waals surface area contributed by atoms with Gasteiger partial charge in [-0.15, -0.1) is 0 Å². The van der Waals surface area contributed by atoms with Gasteiger partial charge < -0.3 is 11.1 Å². The molecule has 1 heterocycles. The Bertz CT molecular complexity index is 462. The largest absolute Gasteiger partial charge is 0.399 e. The Labute approximate surface area is 118 Å². The molecule has 1 aromatic rings. The summed E-state index contributed by atoms with van der Waals surface area (Å²) in [7, 11) is 0. The quantitative estimate of drug-likeness (QED) is 0.833. The number of benzene rings is 1. The summed E-state index contributed by atoms with van der Waals surface area (Å²) in [6.07, 6.45) is 4.14. The van der Waals surface area contributed by atoms with Gasteiger partial charge in [0.2, 0.25) is 5.91 Å². The van der Waals surface area contributed by atoms with Gasteiger partial charge in [0, 0.05) is 11.7 Å². The number of amides is 1. The van der Waals surface area contributed by atoms with Gasteiger partial charge in [-0.05, 0) is 54.9 Å². The van der Waals surface area contributed by atoms with E-state index in [4.69, 9.17) is 5.73 Å². The van der Waals surface area contributed by atoms with Gasteiger partial charge in [0.25, 0.3) is 0 Å². The number of hydrogen-bond donors (Lipinski definition) is 2. The highest BCUT2D eigenvalue weighted by atomic mass is 32.2. The van der Waals surface area contributed by atoms with E-state index in [2.05, 4.69) is 5.32 Å². The minimum absolute atomic E-state index is 0.217. The first-order valence-electron chi connectivity index (χ1n) is 6.95. The Morgan fingerprint density at radius 2 is 1.84 bits per heavy atom. The maximum absolute atomic E-state index is 12.5. The molecule has 1 aliphatic carbocycles. The van der Waals surface area contributed by atoms with E-state index in [1.165, 1.54) is 11.5 Å². The van der Waals surface area contributed by atoms with Crippen LogP contribution >= 0.6 is 11.8 Å². The van der Waals surface area contributed by atoms with E-state index in [-0.39, 0.29) is 11.3 Å². The second-order valence-electron chi connectivity index (χ2n) is 5.56. The van der Waals surface area contributed by atoms with Crippen LogP contribution in [0.1, 0.15) is 31.2 Å². The van der Waals surface area contributed by atoms with E-state index < -0.39 is 0 Å². The number of nitrogen functional groups attached to an aromatic ring is 1. The molecule has 0 atom stereocenters. The van der Waals surface area contributed by atoms with Gasteiger partial charge >= 0.3 is 0 Å². The van der Waals surface area contributed by atoms with Crippen LogP contribution in [0.5, 0.6) is 0 Å². The molecule has 0 aromatic heterocycles. The minimum Gasteiger partial charge on any atom is -0.399 e. The molecule has 1 amide bonds. The normalized spacial score (nSPS) is 21.9. The summed E-state index contributed by atoms with van der Waals surface area (Å²) in [5.41, 5.74) is 7.32. The first-order chi connectivity index (χ1) is 9.21. The lowest BCUT2D eigenvalue weighted by atomic mass is 9.94. The number of anilines is 1. The Morgan fingerprint density at radius 3 is 2.42 bits per heavy atom. The van der Waals surface area contributed by atoms with E-state index >= 15 is 0 Å². The number of nitrogens with one attached hydrogen (secondary N) is 1. The van der Waals surface area contributed by atoms with Crippen molar-refractivity contribution < 1.29 is 4.79 Å². The second-order valence-corrected chi connectivity index (χ2v) is 6.79. The fourth-order valence-electron chi connectivity index (χ4n) is 2.74. The molecular weight excluding hydrogens is 256 g/mol. The molecule has 0 unspecified atom stereocenters. The SMILES string of the molecule is Nc1ccc(C2(C(=O)NC3CCSCC3)CC2)cc1. The van der Waals surface area contributed by atoms with E-state index in [9.17, 15) is 4.79 Å². The third-order valence-corrected chi connectivity index (χ3v) is 5.25. The molecule has 0 bridgehead atoms. The average molecular weight is 276 g/mol. The van der Waals surface area contributed by atoms with Gasteiger partial charge in [-0.3, -0.25) is 4.79 Å². The van der Waals surface area contributed by atoms with Crippen LogP contribution in [-0.4, -0.2) is 23.5 Å². The van der Waals surface area contributed by atoms with Crippen molar-refractivity contribution in [3.63, 3.8) is 0 Å². The fourth-order valence-corrected chi connectivity index (χ4v) is 3.85. The van der Waals surface area contributed by atoms with Gasteiger partial charge in [-0.1, -0.05) is 12.1 Å². The van der Waals surface area contributed by atoms with Gasteiger partial charge in [0.05, 0.1) is 5.41 Å². The number of thioether (sulfide) groups is 1. The highest BCUT2D eigenvalue weighted by Crippen LogP contribution is 2.48. The molecule has 2 fully saturated rings. The van der Waals surface area contributed by atoms with Gasteiger partial charge in [-0.25, -0.2) is 0 Å².